The molecule has 6 heteroatoms. The molecular formula is C13H15NO5. The number of hydrogen-bond acceptors (Lipinski definition) is 5. The Bertz CT molecular complexity index is 526. The van der Waals surface area contributed by atoms with Crippen LogP contribution >= 0.6 is 0 Å². The van der Waals surface area contributed by atoms with Gasteiger partial charge < -0.3 is 19.8 Å². The maximum absolute atomic E-state index is 11.9. The summed E-state index contributed by atoms with van der Waals surface area (Å²) in [6.07, 6.45) is -1.46. The Kier molecular flexibility index (Phi) is 3.30. The number of methoxy groups -OCH3 is 1. The van der Waals surface area contributed by atoms with Crippen molar-refractivity contribution in [2.75, 3.05) is 18.6 Å². The van der Waals surface area contributed by atoms with Gasteiger partial charge in [0.15, 0.2) is 6.10 Å². The van der Waals surface area contributed by atoms with E-state index in [9.17, 15) is 19.8 Å². The first-order chi connectivity index (χ1) is 8.86. The minimum absolute atomic E-state index is 0.0301. The lowest BCUT2D eigenvalue weighted by Gasteiger charge is -2.19. The highest BCUT2D eigenvalue weighted by Crippen LogP contribution is 2.28. The van der Waals surface area contributed by atoms with E-state index in [1.807, 2.05) is 0 Å². The molecule has 2 atom stereocenters. The second kappa shape index (κ2) is 4.64. The normalized spacial score (nSPS) is 26.6. The number of carbonyl (C=O) groups excluding carboxylic acids is 2. The Labute approximate surface area is 110 Å². The maximum Gasteiger partial charge on any atom is 0.337 e. The largest absolute Gasteiger partial charge is 0.465 e. The van der Waals surface area contributed by atoms with Crippen molar-refractivity contribution in [2.24, 2.45) is 0 Å². The van der Waals surface area contributed by atoms with Crippen LogP contribution in [0.2, 0.25) is 0 Å². The summed E-state index contributed by atoms with van der Waals surface area (Å²) in [5.41, 5.74) is -0.767. The van der Waals surface area contributed by atoms with Gasteiger partial charge in [0.1, 0.15) is 5.60 Å². The minimum atomic E-state index is -1.50. The van der Waals surface area contributed by atoms with Gasteiger partial charge in [-0.15, -0.1) is 0 Å². The van der Waals surface area contributed by atoms with Gasteiger partial charge in [-0.3, -0.25) is 4.79 Å². The van der Waals surface area contributed by atoms with E-state index in [4.69, 9.17) is 0 Å². The number of nitrogens with zero attached hydrogens (tertiary/aromatic N) is 1. The Morgan fingerprint density at radius 3 is 2.74 bits per heavy atom. The van der Waals surface area contributed by atoms with Crippen molar-refractivity contribution in [3.05, 3.63) is 29.8 Å². The van der Waals surface area contributed by atoms with Crippen molar-refractivity contribution in [1.29, 1.82) is 0 Å². The molecule has 6 nitrogen and oxygen atoms in total. The highest BCUT2D eigenvalue weighted by Gasteiger charge is 2.47. The first-order valence-corrected chi connectivity index (χ1v) is 5.77. The topological polar surface area (TPSA) is 87.1 Å². The summed E-state index contributed by atoms with van der Waals surface area (Å²) in [5, 5.41) is 19.5. The molecule has 2 unspecified atom stereocenters. The lowest BCUT2D eigenvalue weighted by atomic mass is 10.0. The van der Waals surface area contributed by atoms with E-state index in [-0.39, 0.29) is 6.54 Å². The van der Waals surface area contributed by atoms with Crippen LogP contribution in [0.4, 0.5) is 5.69 Å². The molecule has 0 aliphatic carbocycles. The summed E-state index contributed by atoms with van der Waals surface area (Å²) < 4.78 is 4.60. The highest BCUT2D eigenvalue weighted by atomic mass is 16.5. The van der Waals surface area contributed by atoms with E-state index < -0.39 is 23.6 Å². The highest BCUT2D eigenvalue weighted by molar-refractivity contribution is 6.01. The molecule has 102 valence electrons. The summed E-state index contributed by atoms with van der Waals surface area (Å²) in [6.45, 7) is 1.36. The fourth-order valence-corrected chi connectivity index (χ4v) is 2.04. The summed E-state index contributed by atoms with van der Waals surface area (Å²) in [6, 6.07) is 6.27. The predicted octanol–water partition coefficient (Wildman–Crippen LogP) is -0.0683. The third-order valence-electron chi connectivity index (χ3n) is 3.15. The minimum Gasteiger partial charge on any atom is -0.465 e. The van der Waals surface area contributed by atoms with Crippen LogP contribution in [0.5, 0.6) is 0 Å². The Morgan fingerprint density at radius 1 is 1.53 bits per heavy atom. The average molecular weight is 265 g/mol. The number of aliphatic hydroxyl groups is 2. The molecule has 0 bridgehead atoms. The maximum atomic E-state index is 11.9. The number of rotatable bonds is 2. The number of anilines is 1. The lowest BCUT2D eigenvalue weighted by Crippen LogP contribution is -2.39. The third kappa shape index (κ3) is 2.32. The molecule has 0 saturated carbocycles. The molecule has 1 heterocycles. The fraction of sp³-hybridized carbons (Fsp3) is 0.385. The van der Waals surface area contributed by atoms with Gasteiger partial charge in [-0.05, 0) is 25.1 Å². The van der Waals surface area contributed by atoms with Crippen LogP contribution in [0.25, 0.3) is 0 Å². The zero-order valence-electron chi connectivity index (χ0n) is 10.7. The van der Waals surface area contributed by atoms with Crippen LogP contribution in [0, 0.1) is 0 Å². The average Bonchev–Trinajstić information content (AvgIpc) is 2.61. The van der Waals surface area contributed by atoms with Gasteiger partial charge in [-0.25, -0.2) is 4.79 Å². The van der Waals surface area contributed by atoms with Crippen molar-refractivity contribution < 1.29 is 24.5 Å². The number of esters is 1. The van der Waals surface area contributed by atoms with Crippen LogP contribution in [-0.4, -0.2) is 47.4 Å². The molecule has 1 saturated heterocycles. The molecule has 2 N–H and O–H groups in total. The van der Waals surface area contributed by atoms with Gasteiger partial charge in [0.25, 0.3) is 5.91 Å². The lowest BCUT2D eigenvalue weighted by molar-refractivity contribution is -0.130. The van der Waals surface area contributed by atoms with Crippen LogP contribution in [0.1, 0.15) is 17.3 Å². The number of hydrogen-bond donors (Lipinski definition) is 2. The first-order valence-electron chi connectivity index (χ1n) is 5.77. The fourth-order valence-electron chi connectivity index (χ4n) is 2.04. The van der Waals surface area contributed by atoms with E-state index >= 15 is 0 Å². The van der Waals surface area contributed by atoms with Crippen molar-refractivity contribution in [3.8, 4) is 0 Å². The van der Waals surface area contributed by atoms with Gasteiger partial charge in [-0.1, -0.05) is 6.07 Å². The van der Waals surface area contributed by atoms with Gasteiger partial charge in [0, 0.05) is 5.69 Å². The zero-order chi connectivity index (χ0) is 14.2. The molecule has 1 fully saturated rings. The molecule has 2 rings (SSSR count). The monoisotopic (exact) mass is 265 g/mol. The third-order valence-corrected chi connectivity index (χ3v) is 3.15. The van der Waals surface area contributed by atoms with Gasteiger partial charge in [-0.2, -0.15) is 0 Å². The van der Waals surface area contributed by atoms with E-state index in [1.54, 1.807) is 18.2 Å². The van der Waals surface area contributed by atoms with Crippen molar-refractivity contribution in [3.63, 3.8) is 0 Å². The van der Waals surface area contributed by atoms with Crippen LogP contribution < -0.4 is 4.90 Å². The van der Waals surface area contributed by atoms with E-state index in [1.165, 1.54) is 25.0 Å². The second-order valence-corrected chi connectivity index (χ2v) is 4.73. The summed E-state index contributed by atoms with van der Waals surface area (Å²) in [7, 11) is 1.27. The summed E-state index contributed by atoms with van der Waals surface area (Å²) >= 11 is 0. The number of aliphatic hydroxyl groups excluding tert-OH is 1. The standard InChI is InChI=1S/C13H15NO5/c1-13(18)7-14(11(16)10(13)15)9-5-3-4-8(6-9)12(17)19-2/h3-6,10,15,18H,7H2,1-2H3. The van der Waals surface area contributed by atoms with Gasteiger partial charge in [0.2, 0.25) is 0 Å². The van der Waals surface area contributed by atoms with Crippen molar-refractivity contribution in [1.82, 2.24) is 0 Å². The molecule has 0 aromatic heterocycles. The molecule has 1 aromatic carbocycles. The number of β-amino-alcohol motifs (C(OH)–C–C–N with tert-alkyl or cyclic N) is 1. The van der Waals surface area contributed by atoms with Crippen molar-refractivity contribution >= 4 is 17.6 Å². The van der Waals surface area contributed by atoms with Crippen LogP contribution in [0.3, 0.4) is 0 Å². The van der Waals surface area contributed by atoms with Crippen LogP contribution in [-0.2, 0) is 9.53 Å². The van der Waals surface area contributed by atoms with Gasteiger partial charge in [0.05, 0.1) is 19.2 Å². The Morgan fingerprint density at radius 2 is 2.21 bits per heavy atom. The van der Waals surface area contributed by atoms with E-state index in [0.717, 1.165) is 0 Å². The molecule has 1 aliphatic rings. The molecule has 1 amide bonds. The van der Waals surface area contributed by atoms with E-state index in [2.05, 4.69) is 4.74 Å². The van der Waals surface area contributed by atoms with Crippen LogP contribution in [0.15, 0.2) is 24.3 Å². The molecule has 1 aromatic rings. The molecular weight excluding hydrogens is 250 g/mol. The summed E-state index contributed by atoms with van der Waals surface area (Å²) in [5.74, 6) is -1.10. The Hall–Kier alpha value is -1.92. The summed E-state index contributed by atoms with van der Waals surface area (Å²) in [4.78, 5) is 24.5. The van der Waals surface area contributed by atoms with Crippen molar-refractivity contribution in [2.45, 2.75) is 18.6 Å². The van der Waals surface area contributed by atoms with E-state index in [0.29, 0.717) is 11.3 Å². The Balaban J connectivity index is 2.33. The molecule has 0 spiro atoms. The van der Waals surface area contributed by atoms with Gasteiger partial charge >= 0.3 is 5.97 Å². The smallest absolute Gasteiger partial charge is 0.337 e. The molecule has 1 aliphatic heterocycles. The zero-order valence-corrected chi connectivity index (χ0v) is 10.7. The predicted molar refractivity (Wildman–Crippen MR) is 66.8 cm³/mol. The SMILES string of the molecule is COC(=O)c1cccc(N2CC(C)(O)C(O)C2=O)c1. The number of benzene rings is 1. The first kappa shape index (κ1) is 13.5. The second-order valence-electron chi connectivity index (χ2n) is 4.73. The number of amides is 1. The molecule has 19 heavy (non-hydrogen) atoms. The quantitative estimate of drug-likeness (QED) is 0.731. The molecule has 0 radical (unpaired) electrons. The number of ether oxygens (including phenoxy) is 1. The number of carbonyl (C=O) groups is 2.